The molecule has 0 atom stereocenters. The van der Waals surface area contributed by atoms with Gasteiger partial charge in [-0.15, -0.1) is 0 Å². The topological polar surface area (TPSA) is 120 Å². The lowest BCUT2D eigenvalue weighted by Gasteiger charge is -2.37. The number of sulfonamides is 1. The minimum absolute atomic E-state index is 0.0219. The van der Waals surface area contributed by atoms with Gasteiger partial charge in [0.05, 0.1) is 6.61 Å². The number of anilines is 1. The molecule has 1 aliphatic carbocycles. The van der Waals surface area contributed by atoms with Crippen LogP contribution in [0.25, 0.3) is 0 Å². The van der Waals surface area contributed by atoms with Crippen LogP contribution >= 0.6 is 11.5 Å². The first kappa shape index (κ1) is 27.1. The number of ether oxygens (including phenoxy) is 2. The van der Waals surface area contributed by atoms with Gasteiger partial charge in [0.1, 0.15) is 22.6 Å². The van der Waals surface area contributed by atoms with E-state index in [1.807, 2.05) is 20.8 Å². The molecule has 1 amide bonds. The van der Waals surface area contributed by atoms with E-state index >= 15 is 0 Å². The first-order chi connectivity index (χ1) is 16.3. The number of nitrogens with one attached hydrogen (secondary N) is 2. The van der Waals surface area contributed by atoms with E-state index in [-0.39, 0.29) is 28.9 Å². The Morgan fingerprint density at radius 3 is 2.51 bits per heavy atom. The smallest absolute Gasteiger partial charge is 0.407 e. The SMILES string of the molecule is CC1(CCOc2cc(F)c(S(=O)(=O)Nc3ncns3)cc2F)CCC(NC(=O)OC(C)(C)C)CC1. The second-order valence-electron chi connectivity index (χ2n) is 9.89. The van der Waals surface area contributed by atoms with Crippen molar-refractivity contribution in [3.05, 3.63) is 30.1 Å². The molecule has 194 valence electrons. The van der Waals surface area contributed by atoms with E-state index < -0.39 is 38.2 Å². The number of nitrogens with zero attached hydrogens (tertiary/aromatic N) is 2. The molecular formula is C22H30F2N4O5S2. The summed E-state index contributed by atoms with van der Waals surface area (Å²) in [6, 6.07) is 1.34. The Hall–Kier alpha value is -2.54. The number of carbonyl (C=O) groups excluding carboxylic acids is 1. The number of aromatic nitrogens is 2. The predicted octanol–water partition coefficient (Wildman–Crippen LogP) is 4.86. The lowest BCUT2D eigenvalue weighted by molar-refractivity contribution is 0.0464. The average molecular weight is 533 g/mol. The molecule has 1 saturated carbocycles. The van der Waals surface area contributed by atoms with Crippen LogP contribution < -0.4 is 14.8 Å². The summed E-state index contributed by atoms with van der Waals surface area (Å²) >= 11 is 0.768. The molecule has 1 fully saturated rings. The summed E-state index contributed by atoms with van der Waals surface area (Å²) < 4.78 is 70.2. The molecule has 0 spiro atoms. The molecule has 0 bridgehead atoms. The Morgan fingerprint density at radius 2 is 1.91 bits per heavy atom. The standard InChI is InChI=1S/C22H30F2N4O5S2/c1-21(2,3)33-20(29)27-14-5-7-22(4,8-6-14)9-10-32-17-11-16(24)18(12-15(17)23)35(30,31)28-19-25-13-26-34-19/h11-14H,5-10H2,1-4H3,(H,27,29)(H,25,26,28). The van der Waals surface area contributed by atoms with E-state index in [9.17, 15) is 22.0 Å². The lowest BCUT2D eigenvalue weighted by atomic mass is 9.72. The van der Waals surface area contributed by atoms with Gasteiger partial charge < -0.3 is 14.8 Å². The summed E-state index contributed by atoms with van der Waals surface area (Å²) in [5, 5.41) is 2.83. The number of alkyl carbamates (subject to hydrolysis) is 1. The minimum atomic E-state index is -4.38. The van der Waals surface area contributed by atoms with Crippen molar-refractivity contribution in [2.24, 2.45) is 5.41 Å². The fraction of sp³-hybridized carbons (Fsp3) is 0.591. The van der Waals surface area contributed by atoms with Crippen LogP contribution in [0.2, 0.25) is 0 Å². The second-order valence-corrected chi connectivity index (χ2v) is 12.3. The largest absolute Gasteiger partial charge is 0.490 e. The molecule has 1 heterocycles. The summed E-state index contributed by atoms with van der Waals surface area (Å²) in [4.78, 5) is 14.8. The van der Waals surface area contributed by atoms with E-state index in [0.29, 0.717) is 12.5 Å². The van der Waals surface area contributed by atoms with Crippen molar-refractivity contribution in [1.29, 1.82) is 0 Å². The van der Waals surface area contributed by atoms with Crippen LogP contribution in [-0.4, -0.2) is 42.1 Å². The van der Waals surface area contributed by atoms with Gasteiger partial charge in [-0.05, 0) is 58.3 Å². The third kappa shape index (κ3) is 7.72. The Labute approximate surface area is 207 Å². The van der Waals surface area contributed by atoms with Gasteiger partial charge in [0.2, 0.25) is 5.13 Å². The molecule has 1 aliphatic rings. The number of carbonyl (C=O) groups is 1. The van der Waals surface area contributed by atoms with Gasteiger partial charge in [0, 0.05) is 29.7 Å². The number of hydrogen-bond donors (Lipinski definition) is 2. The highest BCUT2D eigenvalue weighted by Crippen LogP contribution is 2.39. The maximum atomic E-state index is 14.5. The molecule has 2 aromatic rings. The van der Waals surface area contributed by atoms with Crippen molar-refractivity contribution in [3.63, 3.8) is 0 Å². The van der Waals surface area contributed by atoms with Gasteiger partial charge in [-0.3, -0.25) is 4.72 Å². The quantitative estimate of drug-likeness (QED) is 0.498. The van der Waals surface area contributed by atoms with Gasteiger partial charge in [-0.1, -0.05) is 6.92 Å². The summed E-state index contributed by atoms with van der Waals surface area (Å²) in [6.45, 7) is 7.65. The Bertz CT molecular complexity index is 1130. The normalized spacial score (nSPS) is 20.8. The number of benzene rings is 1. The Balaban J connectivity index is 1.52. The lowest BCUT2D eigenvalue weighted by Crippen LogP contribution is -2.42. The minimum Gasteiger partial charge on any atom is -0.490 e. The summed E-state index contributed by atoms with van der Waals surface area (Å²) in [5.41, 5.74) is -0.646. The molecule has 2 N–H and O–H groups in total. The highest BCUT2D eigenvalue weighted by atomic mass is 32.2. The van der Waals surface area contributed by atoms with Crippen molar-refractivity contribution in [3.8, 4) is 5.75 Å². The molecule has 0 radical (unpaired) electrons. The van der Waals surface area contributed by atoms with Crippen molar-refractivity contribution in [2.45, 2.75) is 76.3 Å². The van der Waals surface area contributed by atoms with E-state index in [4.69, 9.17) is 9.47 Å². The highest BCUT2D eigenvalue weighted by molar-refractivity contribution is 7.93. The summed E-state index contributed by atoms with van der Waals surface area (Å²) in [7, 11) is -4.38. The highest BCUT2D eigenvalue weighted by Gasteiger charge is 2.32. The summed E-state index contributed by atoms with van der Waals surface area (Å²) in [6.07, 6.45) is 4.48. The van der Waals surface area contributed by atoms with Gasteiger partial charge in [-0.2, -0.15) is 4.37 Å². The molecule has 35 heavy (non-hydrogen) atoms. The predicted molar refractivity (Wildman–Crippen MR) is 127 cm³/mol. The van der Waals surface area contributed by atoms with E-state index in [1.54, 1.807) is 0 Å². The Kier molecular flexibility index (Phi) is 8.20. The number of amides is 1. The molecular weight excluding hydrogens is 502 g/mol. The molecule has 0 unspecified atom stereocenters. The first-order valence-corrected chi connectivity index (χ1v) is 13.4. The number of halogens is 2. The van der Waals surface area contributed by atoms with E-state index in [2.05, 4.69) is 26.3 Å². The fourth-order valence-electron chi connectivity index (χ4n) is 3.81. The van der Waals surface area contributed by atoms with Crippen LogP contribution in [-0.2, 0) is 14.8 Å². The fourth-order valence-corrected chi connectivity index (χ4v) is 5.54. The van der Waals surface area contributed by atoms with Gasteiger partial charge in [-0.25, -0.2) is 27.0 Å². The van der Waals surface area contributed by atoms with Gasteiger partial charge >= 0.3 is 6.09 Å². The molecule has 1 aromatic carbocycles. The summed E-state index contributed by atoms with van der Waals surface area (Å²) in [5.74, 6) is -2.49. The average Bonchev–Trinajstić information content (AvgIpc) is 3.23. The van der Waals surface area contributed by atoms with Crippen LogP contribution in [0.15, 0.2) is 23.4 Å². The monoisotopic (exact) mass is 532 g/mol. The van der Waals surface area contributed by atoms with Crippen molar-refractivity contribution < 1.29 is 31.5 Å². The third-order valence-electron chi connectivity index (χ3n) is 5.74. The molecule has 13 heteroatoms. The zero-order valence-electron chi connectivity index (χ0n) is 20.1. The van der Waals surface area contributed by atoms with Gasteiger partial charge in [0.25, 0.3) is 10.0 Å². The first-order valence-electron chi connectivity index (χ1n) is 11.2. The van der Waals surface area contributed by atoms with Crippen molar-refractivity contribution in [1.82, 2.24) is 14.7 Å². The maximum absolute atomic E-state index is 14.5. The van der Waals surface area contributed by atoms with Gasteiger partial charge in [0.15, 0.2) is 11.6 Å². The van der Waals surface area contributed by atoms with Crippen LogP contribution in [0.4, 0.5) is 18.7 Å². The molecule has 3 rings (SSSR count). The van der Waals surface area contributed by atoms with E-state index in [1.165, 1.54) is 0 Å². The molecule has 0 aliphatic heterocycles. The number of hydrogen-bond acceptors (Lipinski definition) is 8. The number of rotatable bonds is 8. The van der Waals surface area contributed by atoms with Crippen LogP contribution in [0, 0.1) is 17.0 Å². The van der Waals surface area contributed by atoms with Crippen molar-refractivity contribution >= 4 is 32.8 Å². The molecule has 1 aromatic heterocycles. The Morgan fingerprint density at radius 1 is 1.23 bits per heavy atom. The third-order valence-corrected chi connectivity index (χ3v) is 7.80. The molecule has 9 nitrogen and oxygen atoms in total. The van der Waals surface area contributed by atoms with Crippen LogP contribution in [0.5, 0.6) is 5.75 Å². The zero-order valence-corrected chi connectivity index (χ0v) is 21.7. The second kappa shape index (κ2) is 10.6. The van der Waals surface area contributed by atoms with Crippen LogP contribution in [0.1, 0.15) is 59.8 Å². The maximum Gasteiger partial charge on any atom is 0.407 e. The zero-order chi connectivity index (χ0) is 25.9. The molecule has 0 saturated heterocycles. The van der Waals surface area contributed by atoms with E-state index in [0.717, 1.165) is 49.6 Å². The van der Waals surface area contributed by atoms with Crippen LogP contribution in [0.3, 0.4) is 0 Å². The van der Waals surface area contributed by atoms with Crippen molar-refractivity contribution in [2.75, 3.05) is 11.3 Å².